The lowest BCUT2D eigenvalue weighted by Crippen LogP contribution is -2.14. The summed E-state index contributed by atoms with van der Waals surface area (Å²) in [6, 6.07) is 0. The Morgan fingerprint density at radius 1 is 1.47 bits per heavy atom. The molecule has 0 bridgehead atoms. The maximum absolute atomic E-state index is 11.0. The van der Waals surface area contributed by atoms with Gasteiger partial charge in [0.25, 0.3) is 0 Å². The fraction of sp³-hybridized carbons (Fsp3) is 0.727. The van der Waals surface area contributed by atoms with Gasteiger partial charge in [0.2, 0.25) is 5.95 Å². The van der Waals surface area contributed by atoms with Gasteiger partial charge in [-0.3, -0.25) is 0 Å². The van der Waals surface area contributed by atoms with Crippen LogP contribution in [0.15, 0.2) is 12.4 Å². The molecule has 6 heteroatoms. The van der Waals surface area contributed by atoms with E-state index in [1.165, 1.54) is 6.26 Å². The minimum absolute atomic E-state index is 0.217. The van der Waals surface area contributed by atoms with Gasteiger partial charge in [-0.1, -0.05) is 13.8 Å². The van der Waals surface area contributed by atoms with Gasteiger partial charge in [0, 0.05) is 31.7 Å². The van der Waals surface area contributed by atoms with Crippen LogP contribution in [0.25, 0.3) is 0 Å². The predicted octanol–water partition coefficient (Wildman–Crippen LogP) is 1.39. The molecule has 0 unspecified atom stereocenters. The molecule has 1 heterocycles. The van der Waals surface area contributed by atoms with Gasteiger partial charge in [0.15, 0.2) is 0 Å². The van der Waals surface area contributed by atoms with Crippen LogP contribution in [0.5, 0.6) is 0 Å². The molecule has 0 amide bonds. The quantitative estimate of drug-likeness (QED) is 0.803. The second-order valence-electron chi connectivity index (χ2n) is 4.70. The van der Waals surface area contributed by atoms with Crippen molar-refractivity contribution in [2.24, 2.45) is 5.92 Å². The molecule has 0 aliphatic heterocycles. The normalized spacial score (nSPS) is 12.0. The molecule has 0 saturated heterocycles. The van der Waals surface area contributed by atoms with Gasteiger partial charge in [-0.25, -0.2) is 13.4 Å². The molecule has 0 atom stereocenters. The highest BCUT2D eigenvalue weighted by atomic mass is 32.2. The Kier molecular flexibility index (Phi) is 4.99. The van der Waals surface area contributed by atoms with Crippen LogP contribution in [-0.4, -0.2) is 36.5 Å². The highest BCUT2D eigenvalue weighted by Gasteiger charge is 2.05. The lowest BCUT2D eigenvalue weighted by molar-refractivity contribution is 0.591. The molecular formula is C11H21N3O2S. The Labute approximate surface area is 103 Å². The fourth-order valence-corrected chi connectivity index (χ4v) is 2.10. The van der Waals surface area contributed by atoms with Gasteiger partial charge >= 0.3 is 0 Å². The highest BCUT2D eigenvalue weighted by Crippen LogP contribution is 2.07. The van der Waals surface area contributed by atoms with E-state index in [2.05, 4.69) is 24.1 Å². The lowest BCUT2D eigenvalue weighted by Gasteiger charge is -2.11. The maximum atomic E-state index is 11.0. The number of hydrogen-bond acceptors (Lipinski definition) is 4. The number of hydrogen-bond donors (Lipinski definition) is 1. The smallest absolute Gasteiger partial charge is 0.202 e. The summed E-state index contributed by atoms with van der Waals surface area (Å²) < 4.78 is 24.0. The van der Waals surface area contributed by atoms with Crippen molar-refractivity contribution in [3.63, 3.8) is 0 Å². The number of nitrogens with zero attached hydrogens (tertiary/aromatic N) is 2. The van der Waals surface area contributed by atoms with E-state index < -0.39 is 9.84 Å². The van der Waals surface area contributed by atoms with Crippen LogP contribution in [0.3, 0.4) is 0 Å². The van der Waals surface area contributed by atoms with E-state index in [-0.39, 0.29) is 5.75 Å². The second-order valence-corrected chi connectivity index (χ2v) is 6.96. The molecular weight excluding hydrogens is 238 g/mol. The second kappa shape index (κ2) is 6.05. The summed E-state index contributed by atoms with van der Waals surface area (Å²) in [5.41, 5.74) is 0. The van der Waals surface area contributed by atoms with Gasteiger partial charge in [-0.2, -0.15) is 0 Å². The SMILES string of the molecule is CC(C)CNc1nccn1CCCS(C)(=O)=O. The van der Waals surface area contributed by atoms with Crippen molar-refractivity contribution in [3.8, 4) is 0 Å². The Balaban J connectivity index is 2.46. The molecule has 0 aromatic carbocycles. The first kappa shape index (κ1) is 14.0. The number of imidazole rings is 1. The Morgan fingerprint density at radius 2 is 2.18 bits per heavy atom. The Hall–Kier alpha value is -1.04. The number of anilines is 1. The molecule has 17 heavy (non-hydrogen) atoms. The minimum atomic E-state index is -2.87. The molecule has 1 aromatic heterocycles. The van der Waals surface area contributed by atoms with Crippen molar-refractivity contribution in [1.29, 1.82) is 0 Å². The Bertz CT molecular complexity index is 437. The van der Waals surface area contributed by atoms with E-state index in [1.54, 1.807) is 6.20 Å². The van der Waals surface area contributed by atoms with Crippen LogP contribution in [0.4, 0.5) is 5.95 Å². The summed E-state index contributed by atoms with van der Waals surface area (Å²) >= 11 is 0. The third-order valence-electron chi connectivity index (χ3n) is 2.30. The van der Waals surface area contributed by atoms with E-state index in [0.717, 1.165) is 12.5 Å². The van der Waals surface area contributed by atoms with E-state index >= 15 is 0 Å². The van der Waals surface area contributed by atoms with Gasteiger partial charge in [0.05, 0.1) is 5.75 Å². The zero-order valence-corrected chi connectivity index (χ0v) is 11.5. The monoisotopic (exact) mass is 259 g/mol. The van der Waals surface area contributed by atoms with E-state index in [1.807, 2.05) is 10.8 Å². The minimum Gasteiger partial charge on any atom is -0.355 e. The zero-order valence-electron chi connectivity index (χ0n) is 10.7. The van der Waals surface area contributed by atoms with Gasteiger partial charge in [-0.05, 0) is 12.3 Å². The summed E-state index contributed by atoms with van der Waals surface area (Å²) in [5.74, 6) is 1.58. The molecule has 5 nitrogen and oxygen atoms in total. The van der Waals surface area contributed by atoms with Crippen LogP contribution in [0.1, 0.15) is 20.3 Å². The van der Waals surface area contributed by atoms with Crippen molar-refractivity contribution in [1.82, 2.24) is 9.55 Å². The van der Waals surface area contributed by atoms with E-state index in [0.29, 0.717) is 18.9 Å². The number of rotatable bonds is 7. The molecule has 1 rings (SSSR count). The van der Waals surface area contributed by atoms with Gasteiger partial charge in [0.1, 0.15) is 9.84 Å². The maximum Gasteiger partial charge on any atom is 0.202 e. The zero-order chi connectivity index (χ0) is 12.9. The predicted molar refractivity (Wildman–Crippen MR) is 69.9 cm³/mol. The molecule has 0 fully saturated rings. The van der Waals surface area contributed by atoms with Gasteiger partial charge in [-0.15, -0.1) is 0 Å². The van der Waals surface area contributed by atoms with Crippen molar-refractivity contribution in [2.45, 2.75) is 26.8 Å². The summed E-state index contributed by atoms with van der Waals surface area (Å²) in [6.07, 6.45) is 5.47. The molecule has 98 valence electrons. The molecule has 0 saturated carbocycles. The number of nitrogens with one attached hydrogen (secondary N) is 1. The third kappa shape index (κ3) is 5.72. The first-order valence-electron chi connectivity index (χ1n) is 5.81. The molecule has 1 N–H and O–H groups in total. The average molecular weight is 259 g/mol. The first-order valence-corrected chi connectivity index (χ1v) is 7.87. The third-order valence-corrected chi connectivity index (χ3v) is 3.33. The Morgan fingerprint density at radius 3 is 2.76 bits per heavy atom. The number of sulfone groups is 1. The van der Waals surface area contributed by atoms with Crippen LogP contribution < -0.4 is 5.32 Å². The van der Waals surface area contributed by atoms with Crippen molar-refractivity contribution in [2.75, 3.05) is 23.9 Å². The molecule has 0 radical (unpaired) electrons. The highest BCUT2D eigenvalue weighted by molar-refractivity contribution is 7.90. The number of aromatic nitrogens is 2. The summed E-state index contributed by atoms with van der Waals surface area (Å²) in [7, 11) is -2.87. The standard InChI is InChI=1S/C11H21N3O2S/c1-10(2)9-13-11-12-5-7-14(11)6-4-8-17(3,15)16/h5,7,10H,4,6,8-9H2,1-3H3,(H,12,13). The van der Waals surface area contributed by atoms with Crippen LogP contribution >= 0.6 is 0 Å². The van der Waals surface area contributed by atoms with Crippen LogP contribution in [0, 0.1) is 5.92 Å². The number of aryl methyl sites for hydroxylation is 1. The molecule has 0 aliphatic carbocycles. The van der Waals surface area contributed by atoms with Crippen molar-refractivity contribution >= 4 is 15.8 Å². The van der Waals surface area contributed by atoms with Crippen LogP contribution in [-0.2, 0) is 16.4 Å². The van der Waals surface area contributed by atoms with E-state index in [4.69, 9.17) is 0 Å². The van der Waals surface area contributed by atoms with Crippen molar-refractivity contribution in [3.05, 3.63) is 12.4 Å². The topological polar surface area (TPSA) is 64.0 Å². The molecule has 1 aromatic rings. The summed E-state index contributed by atoms with van der Waals surface area (Å²) in [4.78, 5) is 4.21. The lowest BCUT2D eigenvalue weighted by atomic mass is 10.2. The van der Waals surface area contributed by atoms with E-state index in [9.17, 15) is 8.42 Å². The van der Waals surface area contributed by atoms with Crippen LogP contribution in [0.2, 0.25) is 0 Å². The largest absolute Gasteiger partial charge is 0.355 e. The summed E-state index contributed by atoms with van der Waals surface area (Å²) in [6.45, 7) is 5.80. The molecule has 0 aliphatic rings. The van der Waals surface area contributed by atoms with Gasteiger partial charge < -0.3 is 9.88 Å². The molecule has 0 spiro atoms. The average Bonchev–Trinajstić information content (AvgIpc) is 2.60. The first-order chi connectivity index (χ1) is 7.88. The van der Waals surface area contributed by atoms with Crippen molar-refractivity contribution < 1.29 is 8.42 Å². The fourth-order valence-electron chi connectivity index (χ4n) is 1.45. The summed E-state index contributed by atoms with van der Waals surface area (Å²) in [5, 5.41) is 3.24.